The van der Waals surface area contributed by atoms with Crippen LogP contribution in [0.25, 0.3) is 10.9 Å². The minimum Gasteiger partial charge on any atom is -0.492 e. The molecular formula is C26H29N3O2. The van der Waals surface area contributed by atoms with Crippen molar-refractivity contribution < 1.29 is 9.53 Å². The van der Waals surface area contributed by atoms with Crippen molar-refractivity contribution in [3.05, 3.63) is 71.4 Å². The van der Waals surface area contributed by atoms with Crippen molar-refractivity contribution in [2.75, 3.05) is 20.2 Å². The molecule has 0 radical (unpaired) electrons. The zero-order valence-electron chi connectivity index (χ0n) is 18.2. The number of amides is 1. The lowest BCUT2D eigenvalue weighted by atomic mass is 9.98. The summed E-state index contributed by atoms with van der Waals surface area (Å²) in [5, 5.41) is 4.44. The van der Waals surface area contributed by atoms with Crippen LogP contribution in [0.3, 0.4) is 0 Å². The number of nitrogens with one attached hydrogen (secondary N) is 1. The van der Waals surface area contributed by atoms with Gasteiger partial charge >= 0.3 is 0 Å². The van der Waals surface area contributed by atoms with Gasteiger partial charge in [0.1, 0.15) is 12.4 Å². The van der Waals surface area contributed by atoms with E-state index < -0.39 is 0 Å². The molecule has 5 rings (SSSR count). The van der Waals surface area contributed by atoms with Gasteiger partial charge in [0.2, 0.25) is 0 Å². The highest BCUT2D eigenvalue weighted by Crippen LogP contribution is 2.48. The van der Waals surface area contributed by atoms with Gasteiger partial charge < -0.3 is 15.0 Å². The fourth-order valence-electron chi connectivity index (χ4n) is 4.71. The molecule has 0 spiro atoms. The Labute approximate surface area is 183 Å². The third-order valence-corrected chi connectivity index (χ3v) is 6.83. The molecule has 160 valence electrons. The lowest BCUT2D eigenvalue weighted by molar-refractivity contribution is 0.0930. The van der Waals surface area contributed by atoms with Crippen LogP contribution in [0.4, 0.5) is 0 Å². The number of pyridine rings is 1. The third kappa shape index (κ3) is 3.90. The summed E-state index contributed by atoms with van der Waals surface area (Å²) in [7, 11) is 2.15. The van der Waals surface area contributed by atoms with Gasteiger partial charge in [-0.25, -0.2) is 0 Å². The lowest BCUT2D eigenvalue weighted by Gasteiger charge is -2.22. The molecule has 5 nitrogen and oxygen atoms in total. The van der Waals surface area contributed by atoms with E-state index in [-0.39, 0.29) is 11.4 Å². The summed E-state index contributed by atoms with van der Waals surface area (Å²) < 4.78 is 6.06. The zero-order chi connectivity index (χ0) is 21.4. The number of likely N-dealkylation sites (N-methyl/N-ethyl adjacent to an activating group) is 1. The van der Waals surface area contributed by atoms with Crippen molar-refractivity contribution in [2.24, 2.45) is 0 Å². The van der Waals surface area contributed by atoms with Crippen LogP contribution in [-0.2, 0) is 5.54 Å². The smallest absolute Gasteiger partial charge is 0.252 e. The molecule has 0 bridgehead atoms. The number of fused-ring (bicyclic) bond motifs is 1. The van der Waals surface area contributed by atoms with Gasteiger partial charge in [0, 0.05) is 23.2 Å². The van der Waals surface area contributed by atoms with Crippen molar-refractivity contribution in [3.8, 4) is 5.75 Å². The van der Waals surface area contributed by atoms with Gasteiger partial charge in [-0.1, -0.05) is 24.3 Å². The van der Waals surface area contributed by atoms with Crippen LogP contribution >= 0.6 is 0 Å². The Morgan fingerprint density at radius 2 is 2.10 bits per heavy atom. The first kappa shape index (κ1) is 20.0. The topological polar surface area (TPSA) is 54.5 Å². The summed E-state index contributed by atoms with van der Waals surface area (Å²) in [6, 6.07) is 16.5. The van der Waals surface area contributed by atoms with E-state index in [0.717, 1.165) is 53.6 Å². The van der Waals surface area contributed by atoms with Crippen molar-refractivity contribution in [2.45, 2.75) is 44.2 Å². The number of carbonyl (C=O) groups is 1. The van der Waals surface area contributed by atoms with Gasteiger partial charge in [0.05, 0.1) is 11.1 Å². The number of aryl methyl sites for hydroxylation is 1. The van der Waals surface area contributed by atoms with Crippen molar-refractivity contribution in [3.63, 3.8) is 0 Å². The number of hydrogen-bond acceptors (Lipinski definition) is 4. The maximum atomic E-state index is 13.3. The number of benzene rings is 2. The molecule has 0 unspecified atom stereocenters. The summed E-state index contributed by atoms with van der Waals surface area (Å²) in [4.78, 5) is 20.1. The maximum absolute atomic E-state index is 13.3. The van der Waals surface area contributed by atoms with Gasteiger partial charge in [-0.05, 0) is 81.6 Å². The average molecular weight is 416 g/mol. The van der Waals surface area contributed by atoms with Gasteiger partial charge in [-0.15, -0.1) is 0 Å². The summed E-state index contributed by atoms with van der Waals surface area (Å²) in [5.74, 6) is 0.717. The highest BCUT2D eigenvalue weighted by molar-refractivity contribution is 5.97. The van der Waals surface area contributed by atoms with Crippen molar-refractivity contribution in [1.29, 1.82) is 0 Å². The van der Waals surface area contributed by atoms with E-state index in [0.29, 0.717) is 18.2 Å². The van der Waals surface area contributed by atoms with Crippen LogP contribution < -0.4 is 10.1 Å². The Hall–Kier alpha value is -2.92. The molecule has 1 aliphatic heterocycles. The number of likely N-dealkylation sites (tertiary alicyclic amines) is 1. The SMILES string of the molecule is Cc1ccc(OC[C@@H]2CCCN2C)cc1C(=O)NC1(c2cccc3ncccc23)CC1. The number of aromatic nitrogens is 1. The number of carbonyl (C=O) groups excluding carboxylic acids is 1. The molecule has 1 aromatic heterocycles. The molecule has 1 amide bonds. The molecule has 5 heteroatoms. The van der Waals surface area contributed by atoms with E-state index in [1.54, 1.807) is 0 Å². The standard InChI is InChI=1S/C26H29N3O2/c1-18-10-11-20(31-17-19-6-5-15-29(19)2)16-22(18)25(30)28-26(12-13-26)23-8-3-9-24-21(23)7-4-14-27-24/h3-4,7-11,14,16,19H,5-6,12-13,15,17H2,1-2H3,(H,28,30)/t19-/m0/s1. The molecule has 31 heavy (non-hydrogen) atoms. The molecule has 2 heterocycles. The first-order chi connectivity index (χ1) is 15.1. The normalized spacial score (nSPS) is 20.0. The highest BCUT2D eigenvalue weighted by atomic mass is 16.5. The van der Waals surface area contributed by atoms with Gasteiger partial charge in [-0.3, -0.25) is 9.78 Å². The molecule has 2 fully saturated rings. The van der Waals surface area contributed by atoms with Crippen LogP contribution in [-0.4, -0.2) is 42.0 Å². The molecular weight excluding hydrogens is 386 g/mol. The second kappa shape index (κ2) is 7.97. The van der Waals surface area contributed by atoms with Crippen LogP contribution in [0.15, 0.2) is 54.7 Å². The van der Waals surface area contributed by atoms with Crippen molar-refractivity contribution >= 4 is 16.8 Å². The van der Waals surface area contributed by atoms with Gasteiger partial charge in [-0.2, -0.15) is 0 Å². The molecule has 3 aromatic rings. The predicted molar refractivity (Wildman–Crippen MR) is 122 cm³/mol. The van der Waals surface area contributed by atoms with Crippen LogP contribution in [0.1, 0.15) is 47.2 Å². The number of ether oxygens (including phenoxy) is 1. The van der Waals surface area contributed by atoms with Crippen molar-refractivity contribution in [1.82, 2.24) is 15.2 Å². The molecule has 1 saturated carbocycles. The van der Waals surface area contributed by atoms with E-state index in [9.17, 15) is 4.79 Å². The summed E-state index contributed by atoms with van der Waals surface area (Å²) in [6.45, 7) is 3.76. The molecule has 1 atom stereocenters. The predicted octanol–water partition coefficient (Wildman–Crippen LogP) is 4.44. The van der Waals surface area contributed by atoms with E-state index in [4.69, 9.17) is 4.74 Å². The fraction of sp³-hybridized carbons (Fsp3) is 0.385. The van der Waals surface area contributed by atoms with Gasteiger partial charge in [0.15, 0.2) is 0 Å². The first-order valence-electron chi connectivity index (χ1n) is 11.2. The third-order valence-electron chi connectivity index (χ3n) is 6.83. The molecule has 1 N–H and O–H groups in total. The zero-order valence-corrected chi connectivity index (χ0v) is 18.2. The fourth-order valence-corrected chi connectivity index (χ4v) is 4.71. The van der Waals surface area contributed by atoms with Gasteiger partial charge in [0.25, 0.3) is 5.91 Å². The van der Waals surface area contributed by atoms with E-state index in [1.165, 1.54) is 6.42 Å². The average Bonchev–Trinajstić information content (AvgIpc) is 3.45. The summed E-state index contributed by atoms with van der Waals surface area (Å²) >= 11 is 0. The highest BCUT2D eigenvalue weighted by Gasteiger charge is 2.46. The number of nitrogens with zero attached hydrogens (tertiary/aromatic N) is 2. The Morgan fingerprint density at radius 3 is 2.87 bits per heavy atom. The first-order valence-corrected chi connectivity index (χ1v) is 11.2. The Kier molecular flexibility index (Phi) is 5.14. The molecule has 1 saturated heterocycles. The lowest BCUT2D eigenvalue weighted by Crippen LogP contribution is -2.35. The monoisotopic (exact) mass is 415 g/mol. The second-order valence-electron chi connectivity index (χ2n) is 8.98. The van der Waals surface area contributed by atoms with Crippen LogP contribution in [0.5, 0.6) is 5.75 Å². The minimum absolute atomic E-state index is 0.0423. The molecule has 2 aliphatic rings. The molecule has 2 aromatic carbocycles. The summed E-state index contributed by atoms with van der Waals surface area (Å²) in [6.07, 6.45) is 6.07. The Balaban J connectivity index is 1.35. The number of hydrogen-bond donors (Lipinski definition) is 1. The van der Waals surface area contributed by atoms with E-state index >= 15 is 0 Å². The second-order valence-corrected chi connectivity index (χ2v) is 8.98. The Bertz CT molecular complexity index is 1120. The summed E-state index contributed by atoms with van der Waals surface area (Å²) in [5.41, 5.74) is 3.44. The Morgan fingerprint density at radius 1 is 1.23 bits per heavy atom. The van der Waals surface area contributed by atoms with E-state index in [1.807, 2.05) is 49.5 Å². The maximum Gasteiger partial charge on any atom is 0.252 e. The number of rotatable bonds is 6. The van der Waals surface area contributed by atoms with Crippen LogP contribution in [0.2, 0.25) is 0 Å². The minimum atomic E-state index is -0.310. The largest absolute Gasteiger partial charge is 0.492 e. The van der Waals surface area contributed by atoms with E-state index in [2.05, 4.69) is 34.4 Å². The van der Waals surface area contributed by atoms with Crippen LogP contribution in [0, 0.1) is 6.92 Å². The molecule has 1 aliphatic carbocycles. The quantitative estimate of drug-likeness (QED) is 0.647.